The summed E-state index contributed by atoms with van der Waals surface area (Å²) < 4.78 is 64.1. The summed E-state index contributed by atoms with van der Waals surface area (Å²) >= 11 is 0.939. The van der Waals surface area contributed by atoms with Crippen LogP contribution >= 0.6 is 11.3 Å². The monoisotopic (exact) mass is 653 g/mol. The lowest BCUT2D eigenvalue weighted by Crippen LogP contribution is -2.50. The fourth-order valence-corrected chi connectivity index (χ4v) is 8.01. The van der Waals surface area contributed by atoms with E-state index in [0.717, 1.165) is 56.2 Å². The van der Waals surface area contributed by atoms with Gasteiger partial charge in [0.05, 0.1) is 15.8 Å². The minimum atomic E-state index is -1.79. The highest BCUT2D eigenvalue weighted by Gasteiger charge is 2.45. The van der Waals surface area contributed by atoms with E-state index in [0.29, 0.717) is 36.5 Å². The molecule has 3 saturated heterocycles. The molecule has 2 aromatic carbocycles. The van der Waals surface area contributed by atoms with E-state index in [2.05, 4.69) is 15.2 Å². The van der Waals surface area contributed by atoms with E-state index in [1.807, 2.05) is 24.8 Å². The number of ether oxygens (including phenoxy) is 1. The number of nitrogens with zero attached hydrogens (tertiary/aromatic N) is 5. The topological polar surface area (TPSA) is 103 Å². The molecule has 4 aromatic rings. The molecule has 46 heavy (non-hydrogen) atoms. The Morgan fingerprint density at radius 2 is 1.87 bits per heavy atom. The molecule has 5 heterocycles. The van der Waals surface area contributed by atoms with Crippen molar-refractivity contribution in [3.8, 4) is 23.2 Å². The molecular formula is C33H35F4N7OS. The van der Waals surface area contributed by atoms with Gasteiger partial charge in [-0.2, -0.15) is 24.0 Å². The molecule has 3 fully saturated rings. The Balaban J connectivity index is 0.00000182. The number of hydrogen-bond donors (Lipinski definition) is 2. The zero-order valence-electron chi connectivity index (χ0n) is 25.7. The number of nitrogens with two attached hydrogens (primary N) is 1. The van der Waals surface area contributed by atoms with Gasteiger partial charge < -0.3 is 20.7 Å². The van der Waals surface area contributed by atoms with Crippen molar-refractivity contribution in [3.63, 3.8) is 0 Å². The highest BCUT2D eigenvalue weighted by Crippen LogP contribution is 2.43. The smallest absolute Gasteiger partial charge is 0.319 e. The van der Waals surface area contributed by atoms with Crippen LogP contribution in [0.1, 0.15) is 45.1 Å². The Hall–Kier alpha value is -3.99. The summed E-state index contributed by atoms with van der Waals surface area (Å²) in [6.45, 7) is 7.42. The highest BCUT2D eigenvalue weighted by molar-refractivity contribution is 7.23. The number of piperazine rings is 1. The predicted octanol–water partition coefficient (Wildman–Crippen LogP) is 6.84. The summed E-state index contributed by atoms with van der Waals surface area (Å²) in [6, 6.07) is 7.27. The molecular weight excluding hydrogens is 618 g/mol. The van der Waals surface area contributed by atoms with Crippen LogP contribution in [0.4, 0.5) is 28.4 Å². The summed E-state index contributed by atoms with van der Waals surface area (Å²) in [5.74, 6) is -0.869. The van der Waals surface area contributed by atoms with E-state index in [1.165, 1.54) is 12.1 Å². The van der Waals surface area contributed by atoms with Crippen molar-refractivity contribution >= 4 is 43.1 Å². The minimum Gasteiger partial charge on any atom is -0.461 e. The van der Waals surface area contributed by atoms with Crippen LogP contribution in [-0.4, -0.2) is 65.8 Å². The Bertz CT molecular complexity index is 1840. The van der Waals surface area contributed by atoms with E-state index < -0.39 is 23.8 Å². The average molecular weight is 654 g/mol. The van der Waals surface area contributed by atoms with Crippen LogP contribution in [0.25, 0.3) is 32.1 Å². The lowest BCUT2D eigenvalue weighted by Gasteiger charge is -2.34. The molecule has 1 atom stereocenters. The number of nitrogens with one attached hydrogen (secondary N) is 1. The first-order valence-electron chi connectivity index (χ1n) is 15.6. The number of thiophene rings is 1. The summed E-state index contributed by atoms with van der Waals surface area (Å²) in [5.41, 5.74) is 6.42. The van der Waals surface area contributed by atoms with Gasteiger partial charge in [-0.15, -0.1) is 11.3 Å². The maximum absolute atomic E-state index is 16.7. The summed E-state index contributed by atoms with van der Waals surface area (Å²) in [5, 5.41) is 13.6. The number of aromatic nitrogens is 2. The molecule has 2 aromatic heterocycles. The standard InChI is InChI=1S/C31H29F4N7OS.C2H6/c32-22-6-5-18(24-21(14-36)28(37)44-27(22)24)19-3-4-20-26(25(19)35)39-30(43-16-31-7-1-10-42(31)11-2-8-31)40-29(20)41-12-9-38-17(15-41)13-23(33)34;1-2/h3-6,13,17,38H,1-2,7-12,15-16,37H2;1-2H3. The Morgan fingerprint density at radius 3 is 2.59 bits per heavy atom. The van der Waals surface area contributed by atoms with Crippen LogP contribution in [-0.2, 0) is 0 Å². The van der Waals surface area contributed by atoms with Gasteiger partial charge in [0.25, 0.3) is 6.08 Å². The third kappa shape index (κ3) is 5.63. The molecule has 0 radical (unpaired) electrons. The molecule has 0 aliphatic carbocycles. The van der Waals surface area contributed by atoms with Crippen molar-refractivity contribution in [2.45, 2.75) is 51.1 Å². The van der Waals surface area contributed by atoms with Gasteiger partial charge >= 0.3 is 6.01 Å². The number of rotatable bonds is 6. The molecule has 0 amide bonds. The van der Waals surface area contributed by atoms with Crippen LogP contribution in [0.15, 0.2) is 36.4 Å². The van der Waals surface area contributed by atoms with Crippen molar-refractivity contribution in [1.82, 2.24) is 20.2 Å². The Labute approximate surface area is 268 Å². The van der Waals surface area contributed by atoms with Gasteiger partial charge in [0.2, 0.25) is 0 Å². The van der Waals surface area contributed by atoms with Gasteiger partial charge in [-0.1, -0.05) is 26.0 Å². The quantitative estimate of drug-likeness (QED) is 0.218. The first-order valence-corrected chi connectivity index (χ1v) is 16.4. The maximum atomic E-state index is 16.7. The third-order valence-corrected chi connectivity index (χ3v) is 10.1. The summed E-state index contributed by atoms with van der Waals surface area (Å²) in [6.07, 6.45) is 3.23. The second kappa shape index (κ2) is 13.0. The van der Waals surface area contributed by atoms with Crippen molar-refractivity contribution < 1.29 is 22.3 Å². The lowest BCUT2D eigenvalue weighted by atomic mass is 9.95. The third-order valence-electron chi connectivity index (χ3n) is 9.10. The second-order valence-electron chi connectivity index (χ2n) is 11.6. The maximum Gasteiger partial charge on any atom is 0.319 e. The van der Waals surface area contributed by atoms with Crippen molar-refractivity contribution in [3.05, 3.63) is 53.6 Å². The van der Waals surface area contributed by atoms with Crippen LogP contribution < -0.4 is 20.7 Å². The fourth-order valence-electron chi connectivity index (χ4n) is 7.06. The first-order chi connectivity index (χ1) is 22.3. The molecule has 3 N–H and O–H groups in total. The number of anilines is 2. The van der Waals surface area contributed by atoms with Gasteiger partial charge in [-0.3, -0.25) is 4.90 Å². The zero-order valence-corrected chi connectivity index (χ0v) is 26.5. The second-order valence-corrected chi connectivity index (χ2v) is 12.6. The number of benzene rings is 2. The molecule has 0 spiro atoms. The minimum absolute atomic E-state index is 0.000663. The van der Waals surface area contributed by atoms with Gasteiger partial charge in [0, 0.05) is 42.0 Å². The predicted molar refractivity (Wildman–Crippen MR) is 173 cm³/mol. The van der Waals surface area contributed by atoms with Crippen LogP contribution in [0.2, 0.25) is 0 Å². The van der Waals surface area contributed by atoms with Crippen LogP contribution in [0, 0.1) is 23.0 Å². The molecule has 13 heteroatoms. The van der Waals surface area contributed by atoms with Crippen LogP contribution in [0.3, 0.4) is 0 Å². The van der Waals surface area contributed by atoms with Crippen molar-refractivity contribution in [1.29, 1.82) is 5.26 Å². The molecule has 1 unspecified atom stereocenters. The van der Waals surface area contributed by atoms with Gasteiger partial charge in [0.15, 0.2) is 5.82 Å². The van der Waals surface area contributed by atoms with Gasteiger partial charge in [-0.05, 0) is 62.5 Å². The number of halogens is 4. The number of nitriles is 1. The number of fused-ring (bicyclic) bond motifs is 3. The normalized spacial score (nSPS) is 19.1. The first kappa shape index (κ1) is 32.0. The highest BCUT2D eigenvalue weighted by atomic mass is 32.1. The molecule has 0 bridgehead atoms. The SMILES string of the molecule is CC.N#Cc1c(N)sc2c(F)ccc(-c3ccc4c(N5CCNC(C=C(F)F)C5)nc(OCC56CCCN5CCC6)nc4c3F)c12. The van der Waals surface area contributed by atoms with Crippen molar-refractivity contribution in [2.75, 3.05) is 50.0 Å². The lowest BCUT2D eigenvalue weighted by molar-refractivity contribution is 0.108. The van der Waals surface area contributed by atoms with E-state index in [4.69, 9.17) is 15.5 Å². The van der Waals surface area contributed by atoms with Crippen molar-refractivity contribution in [2.24, 2.45) is 0 Å². The summed E-state index contributed by atoms with van der Waals surface area (Å²) in [7, 11) is 0. The zero-order chi connectivity index (χ0) is 32.6. The fraction of sp³-hybridized carbons (Fsp3) is 0.424. The van der Waals surface area contributed by atoms with E-state index in [9.17, 15) is 18.4 Å². The van der Waals surface area contributed by atoms with Crippen LogP contribution in [0.5, 0.6) is 6.01 Å². The average Bonchev–Trinajstić information content (AvgIpc) is 3.74. The number of nitrogen functional groups attached to an aromatic ring is 1. The molecule has 0 saturated carbocycles. The largest absolute Gasteiger partial charge is 0.461 e. The van der Waals surface area contributed by atoms with E-state index in [-0.39, 0.29) is 49.8 Å². The molecule has 3 aliphatic rings. The summed E-state index contributed by atoms with van der Waals surface area (Å²) in [4.78, 5) is 13.5. The van der Waals surface area contributed by atoms with Gasteiger partial charge in [-0.25, -0.2) is 8.78 Å². The molecule has 242 valence electrons. The van der Waals surface area contributed by atoms with E-state index >= 15 is 4.39 Å². The van der Waals surface area contributed by atoms with E-state index in [1.54, 1.807) is 12.1 Å². The van der Waals surface area contributed by atoms with Gasteiger partial charge in [0.1, 0.15) is 34.8 Å². The molecule has 3 aliphatic heterocycles. The Kier molecular flexibility index (Phi) is 9.05. The molecule has 7 rings (SSSR count). The molecule has 8 nitrogen and oxygen atoms in total. The number of hydrogen-bond acceptors (Lipinski definition) is 9. The Morgan fingerprint density at radius 1 is 1.13 bits per heavy atom.